The molecule has 0 fully saturated rings. The molecular formula is C12H11N. The highest BCUT2D eigenvalue weighted by atomic mass is 15.0. The molecule has 2 aromatic rings. The van der Waals surface area contributed by atoms with Crippen molar-refractivity contribution in [1.82, 2.24) is 4.57 Å². The molecule has 0 radical (unpaired) electrons. The summed E-state index contributed by atoms with van der Waals surface area (Å²) in [6, 6.07) is 10.8. The molecule has 1 nitrogen and oxygen atoms in total. The third kappa shape index (κ3) is 0.816. The molecule has 0 amide bonds. The lowest BCUT2D eigenvalue weighted by atomic mass is 10.1. The summed E-state index contributed by atoms with van der Waals surface area (Å²) >= 11 is 0. The quantitative estimate of drug-likeness (QED) is 0.487. The summed E-state index contributed by atoms with van der Waals surface area (Å²) in [5.74, 6) is 0. The minimum Gasteiger partial charge on any atom is -0.320 e. The molecule has 0 saturated heterocycles. The molecule has 1 aromatic carbocycles. The van der Waals surface area contributed by atoms with Crippen LogP contribution in [-0.2, 0) is 6.42 Å². The number of aromatic nitrogens is 1. The van der Waals surface area contributed by atoms with Gasteiger partial charge in [-0.25, -0.2) is 0 Å². The fraction of sp³-hybridized carbons (Fsp3) is 0.167. The molecule has 1 aliphatic rings. The Kier molecular flexibility index (Phi) is 1.21. The second-order valence-electron chi connectivity index (χ2n) is 3.62. The van der Waals surface area contributed by atoms with Gasteiger partial charge < -0.3 is 4.57 Å². The van der Waals surface area contributed by atoms with E-state index in [0.717, 1.165) is 6.42 Å². The van der Waals surface area contributed by atoms with Crippen LogP contribution in [0.15, 0.2) is 36.5 Å². The molecule has 0 unspecified atom stereocenters. The van der Waals surface area contributed by atoms with Crippen molar-refractivity contribution in [3.05, 3.63) is 53.3 Å². The third-order valence-electron chi connectivity index (χ3n) is 2.83. The smallest absolute Gasteiger partial charge is 0.0488 e. The van der Waals surface area contributed by atoms with Gasteiger partial charge in [-0.3, -0.25) is 0 Å². The monoisotopic (exact) mass is 169 g/mol. The van der Waals surface area contributed by atoms with Gasteiger partial charge in [0.15, 0.2) is 0 Å². The molecule has 3 rings (SSSR count). The van der Waals surface area contributed by atoms with Crippen molar-refractivity contribution in [3.63, 3.8) is 0 Å². The lowest BCUT2D eigenvalue weighted by Gasteiger charge is -1.99. The van der Waals surface area contributed by atoms with Crippen molar-refractivity contribution in [2.24, 2.45) is 0 Å². The van der Waals surface area contributed by atoms with Crippen LogP contribution in [0.3, 0.4) is 0 Å². The van der Waals surface area contributed by atoms with Crippen LogP contribution >= 0.6 is 0 Å². The first kappa shape index (κ1) is 6.96. The third-order valence-corrected chi connectivity index (χ3v) is 2.83. The number of aryl methyl sites for hydroxylation is 1. The van der Waals surface area contributed by atoms with Gasteiger partial charge in [-0.2, -0.15) is 0 Å². The van der Waals surface area contributed by atoms with Crippen molar-refractivity contribution >= 4 is 0 Å². The van der Waals surface area contributed by atoms with Crippen LogP contribution in [-0.4, -0.2) is 4.57 Å². The van der Waals surface area contributed by atoms with Crippen LogP contribution in [0.2, 0.25) is 0 Å². The van der Waals surface area contributed by atoms with E-state index < -0.39 is 0 Å². The van der Waals surface area contributed by atoms with Gasteiger partial charge in [0.05, 0.1) is 0 Å². The van der Waals surface area contributed by atoms with E-state index in [1.54, 1.807) is 0 Å². The average molecular weight is 169 g/mol. The number of hydrogen-bond acceptors (Lipinski definition) is 0. The SMILES string of the molecule is Cc1ccn2c1Cc1ccccc1-2. The van der Waals surface area contributed by atoms with Crippen molar-refractivity contribution < 1.29 is 0 Å². The molecular weight excluding hydrogens is 158 g/mol. The van der Waals surface area contributed by atoms with E-state index in [4.69, 9.17) is 0 Å². The Morgan fingerprint density at radius 3 is 2.92 bits per heavy atom. The van der Waals surface area contributed by atoms with Crippen LogP contribution in [0.4, 0.5) is 0 Å². The number of rotatable bonds is 0. The summed E-state index contributed by atoms with van der Waals surface area (Å²) in [5.41, 5.74) is 5.64. The van der Waals surface area contributed by atoms with Crippen molar-refractivity contribution in [3.8, 4) is 5.69 Å². The Labute approximate surface area is 77.6 Å². The average Bonchev–Trinajstić information content (AvgIpc) is 2.67. The Morgan fingerprint density at radius 2 is 2.00 bits per heavy atom. The molecule has 2 heterocycles. The molecule has 0 N–H and O–H groups in total. The standard InChI is InChI=1S/C12H11N/c1-9-6-7-13-11-5-3-2-4-10(11)8-12(9)13/h2-7H,8H2,1H3. The van der Waals surface area contributed by atoms with Gasteiger partial charge in [-0.15, -0.1) is 0 Å². The van der Waals surface area contributed by atoms with Crippen molar-refractivity contribution in [2.75, 3.05) is 0 Å². The second kappa shape index (κ2) is 2.25. The zero-order valence-corrected chi connectivity index (χ0v) is 7.62. The molecule has 0 aliphatic carbocycles. The molecule has 64 valence electrons. The van der Waals surface area contributed by atoms with Gasteiger partial charge in [-0.05, 0) is 30.2 Å². The van der Waals surface area contributed by atoms with E-state index in [0.29, 0.717) is 0 Å². The Bertz CT molecular complexity index is 466. The summed E-state index contributed by atoms with van der Waals surface area (Å²) in [7, 11) is 0. The lowest BCUT2D eigenvalue weighted by molar-refractivity contribution is 1.04. The maximum atomic E-state index is 2.30. The number of benzene rings is 1. The van der Waals surface area contributed by atoms with Crippen molar-refractivity contribution in [1.29, 1.82) is 0 Å². The van der Waals surface area contributed by atoms with Gasteiger partial charge in [0, 0.05) is 24.0 Å². The maximum absolute atomic E-state index is 2.30. The molecule has 1 heteroatoms. The van der Waals surface area contributed by atoms with Gasteiger partial charge in [0.2, 0.25) is 0 Å². The minimum absolute atomic E-state index is 1.09. The molecule has 13 heavy (non-hydrogen) atoms. The van der Waals surface area contributed by atoms with E-state index in [1.165, 1.54) is 22.5 Å². The first-order valence-electron chi connectivity index (χ1n) is 4.61. The van der Waals surface area contributed by atoms with Crippen LogP contribution in [0.5, 0.6) is 0 Å². The van der Waals surface area contributed by atoms with Gasteiger partial charge >= 0.3 is 0 Å². The lowest BCUT2D eigenvalue weighted by Crippen LogP contribution is -1.88. The predicted molar refractivity (Wildman–Crippen MR) is 53.3 cm³/mol. The summed E-state index contributed by atoms with van der Waals surface area (Å²) in [4.78, 5) is 0. The van der Waals surface area contributed by atoms with E-state index in [9.17, 15) is 0 Å². The number of fused-ring (bicyclic) bond motifs is 3. The largest absolute Gasteiger partial charge is 0.320 e. The van der Waals surface area contributed by atoms with Crippen LogP contribution < -0.4 is 0 Å². The zero-order chi connectivity index (χ0) is 8.84. The van der Waals surface area contributed by atoms with Crippen LogP contribution in [0.1, 0.15) is 16.8 Å². The molecule has 0 bridgehead atoms. The van der Waals surface area contributed by atoms with Crippen LogP contribution in [0.25, 0.3) is 5.69 Å². The van der Waals surface area contributed by atoms with Crippen LogP contribution in [0, 0.1) is 6.92 Å². The van der Waals surface area contributed by atoms with Gasteiger partial charge in [-0.1, -0.05) is 18.2 Å². The summed E-state index contributed by atoms with van der Waals surface area (Å²) in [6.07, 6.45) is 3.26. The van der Waals surface area contributed by atoms with Gasteiger partial charge in [0.1, 0.15) is 0 Å². The fourth-order valence-electron chi connectivity index (χ4n) is 2.09. The predicted octanol–water partition coefficient (Wildman–Crippen LogP) is 2.69. The highest BCUT2D eigenvalue weighted by Gasteiger charge is 2.17. The van der Waals surface area contributed by atoms with E-state index in [1.807, 2.05) is 0 Å². The summed E-state index contributed by atoms with van der Waals surface area (Å²) in [5, 5.41) is 0. The molecule has 0 spiro atoms. The first-order valence-corrected chi connectivity index (χ1v) is 4.61. The molecule has 1 aliphatic heterocycles. The Balaban J connectivity index is 2.32. The topological polar surface area (TPSA) is 4.93 Å². The molecule has 0 saturated carbocycles. The van der Waals surface area contributed by atoms with Gasteiger partial charge in [0.25, 0.3) is 0 Å². The fourth-order valence-corrected chi connectivity index (χ4v) is 2.09. The highest BCUT2D eigenvalue weighted by molar-refractivity contribution is 5.52. The highest BCUT2D eigenvalue weighted by Crippen LogP contribution is 2.29. The van der Waals surface area contributed by atoms with E-state index in [2.05, 4.69) is 48.0 Å². The zero-order valence-electron chi connectivity index (χ0n) is 7.62. The molecule has 0 atom stereocenters. The van der Waals surface area contributed by atoms with E-state index >= 15 is 0 Å². The first-order chi connectivity index (χ1) is 6.36. The second-order valence-corrected chi connectivity index (χ2v) is 3.62. The van der Waals surface area contributed by atoms with Crippen molar-refractivity contribution in [2.45, 2.75) is 13.3 Å². The summed E-state index contributed by atoms with van der Waals surface area (Å²) in [6.45, 7) is 2.18. The Hall–Kier alpha value is -1.50. The number of hydrogen-bond donors (Lipinski definition) is 0. The number of nitrogens with zero attached hydrogens (tertiary/aromatic N) is 1. The Morgan fingerprint density at radius 1 is 1.15 bits per heavy atom. The normalized spacial score (nSPS) is 12.7. The number of para-hydroxylation sites is 1. The van der Waals surface area contributed by atoms with E-state index in [-0.39, 0.29) is 0 Å². The minimum atomic E-state index is 1.09. The molecule has 1 aromatic heterocycles. The maximum Gasteiger partial charge on any atom is 0.0488 e. The summed E-state index contributed by atoms with van der Waals surface area (Å²) < 4.78 is 2.30.